The smallest absolute Gasteiger partial charge is 0.150 e. The molecule has 156 valence electrons. The Labute approximate surface area is 172 Å². The van der Waals surface area contributed by atoms with Gasteiger partial charge in [-0.05, 0) is 91.9 Å². The van der Waals surface area contributed by atoms with Crippen LogP contribution >= 0.6 is 0 Å². The number of H-pyrrole nitrogens is 1. The summed E-state index contributed by atoms with van der Waals surface area (Å²) in [5.41, 5.74) is 9.31. The lowest BCUT2D eigenvalue weighted by molar-refractivity contribution is -0.0821. The molecule has 3 aromatic rings. The number of hydrogen-bond donors (Lipinski definition) is 3. The molecule has 4 N–H and O–H groups in total. The maximum atomic E-state index is 14.5. The van der Waals surface area contributed by atoms with Crippen LogP contribution in [0.1, 0.15) is 43.6 Å². The first-order valence-electron chi connectivity index (χ1n) is 10.6. The predicted octanol–water partition coefficient (Wildman–Crippen LogP) is 4.97. The third kappa shape index (κ3) is 2.73. The van der Waals surface area contributed by atoms with E-state index in [1.54, 1.807) is 12.1 Å². The Balaban J connectivity index is 1.28. The van der Waals surface area contributed by atoms with Gasteiger partial charge in [-0.3, -0.25) is 0 Å². The Morgan fingerprint density at radius 3 is 2.37 bits per heavy atom. The first-order valence-corrected chi connectivity index (χ1v) is 10.6. The van der Waals surface area contributed by atoms with E-state index in [2.05, 4.69) is 10.3 Å². The number of fused-ring (bicyclic) bond motifs is 1. The SMILES string of the molecule is NC12CC(NCC3CC(c4c(-c5ccc(F)cc5)[nH]c5c(F)cc(F)cc45)C3)(C1)C2. The van der Waals surface area contributed by atoms with Gasteiger partial charge in [0, 0.05) is 22.5 Å². The minimum atomic E-state index is -0.600. The number of aromatic amines is 1. The normalized spacial score (nSPS) is 31.9. The molecule has 0 radical (unpaired) electrons. The quantitative estimate of drug-likeness (QED) is 0.555. The summed E-state index contributed by atoms with van der Waals surface area (Å²) in [7, 11) is 0. The van der Waals surface area contributed by atoms with E-state index in [-0.39, 0.29) is 22.8 Å². The molecular formula is C24H24F3N3. The van der Waals surface area contributed by atoms with E-state index in [9.17, 15) is 13.2 Å². The van der Waals surface area contributed by atoms with Crippen molar-refractivity contribution in [3.05, 3.63) is 59.4 Å². The van der Waals surface area contributed by atoms with Gasteiger partial charge in [0.1, 0.15) is 17.5 Å². The average Bonchev–Trinajstić information content (AvgIpc) is 2.98. The summed E-state index contributed by atoms with van der Waals surface area (Å²) in [6.07, 6.45) is 5.16. The molecule has 1 heterocycles. The van der Waals surface area contributed by atoms with E-state index in [1.165, 1.54) is 18.2 Å². The maximum absolute atomic E-state index is 14.5. The third-order valence-corrected chi connectivity index (χ3v) is 7.48. The number of nitrogens with two attached hydrogens (primary N) is 1. The second-order valence-electron chi connectivity index (χ2n) is 9.82. The van der Waals surface area contributed by atoms with Crippen LogP contribution in [0.5, 0.6) is 0 Å². The fraction of sp³-hybridized carbons (Fsp3) is 0.417. The highest BCUT2D eigenvalue weighted by Gasteiger charge is 2.65. The molecule has 7 rings (SSSR count). The van der Waals surface area contributed by atoms with E-state index >= 15 is 0 Å². The number of rotatable bonds is 5. The summed E-state index contributed by atoms with van der Waals surface area (Å²) in [5, 5.41) is 4.30. The molecule has 4 aliphatic rings. The van der Waals surface area contributed by atoms with Crippen molar-refractivity contribution in [2.24, 2.45) is 11.7 Å². The molecule has 30 heavy (non-hydrogen) atoms. The van der Waals surface area contributed by atoms with E-state index < -0.39 is 11.6 Å². The monoisotopic (exact) mass is 411 g/mol. The van der Waals surface area contributed by atoms with Crippen LogP contribution in [-0.4, -0.2) is 22.6 Å². The van der Waals surface area contributed by atoms with E-state index in [0.717, 1.165) is 61.5 Å². The molecule has 6 heteroatoms. The first kappa shape index (κ1) is 18.5. The minimum absolute atomic E-state index is 0.0946. The van der Waals surface area contributed by atoms with Crippen LogP contribution in [-0.2, 0) is 0 Å². The molecule has 0 unspecified atom stereocenters. The predicted molar refractivity (Wildman–Crippen MR) is 111 cm³/mol. The zero-order valence-corrected chi connectivity index (χ0v) is 16.6. The molecule has 0 atom stereocenters. The van der Waals surface area contributed by atoms with Crippen molar-refractivity contribution in [3.63, 3.8) is 0 Å². The van der Waals surface area contributed by atoms with Gasteiger partial charge in [-0.15, -0.1) is 0 Å². The molecule has 0 spiro atoms. The second kappa shape index (κ2) is 6.11. The van der Waals surface area contributed by atoms with Crippen LogP contribution in [0.15, 0.2) is 36.4 Å². The number of hydrogen-bond acceptors (Lipinski definition) is 2. The highest BCUT2D eigenvalue weighted by molar-refractivity contribution is 5.92. The van der Waals surface area contributed by atoms with Gasteiger partial charge >= 0.3 is 0 Å². The summed E-state index contributed by atoms with van der Waals surface area (Å²) in [5.74, 6) is -0.738. The summed E-state index contributed by atoms with van der Waals surface area (Å²) in [4.78, 5) is 3.15. The average molecular weight is 411 g/mol. The second-order valence-corrected chi connectivity index (χ2v) is 9.82. The molecule has 4 aliphatic carbocycles. The molecular weight excluding hydrogens is 387 g/mol. The zero-order chi connectivity index (χ0) is 20.7. The van der Waals surface area contributed by atoms with Gasteiger partial charge in [0.2, 0.25) is 0 Å². The molecule has 0 amide bonds. The lowest BCUT2D eigenvalue weighted by atomic mass is 9.44. The Morgan fingerprint density at radius 1 is 1.00 bits per heavy atom. The molecule has 0 saturated heterocycles. The first-order chi connectivity index (χ1) is 14.3. The van der Waals surface area contributed by atoms with Crippen molar-refractivity contribution in [1.29, 1.82) is 0 Å². The summed E-state index contributed by atoms with van der Waals surface area (Å²) < 4.78 is 41.9. The largest absolute Gasteiger partial charge is 0.352 e. The van der Waals surface area contributed by atoms with Crippen molar-refractivity contribution in [2.75, 3.05) is 6.54 Å². The summed E-state index contributed by atoms with van der Waals surface area (Å²) in [6, 6.07) is 8.46. The number of aromatic nitrogens is 1. The zero-order valence-electron chi connectivity index (χ0n) is 16.6. The molecule has 4 saturated carbocycles. The van der Waals surface area contributed by atoms with E-state index in [4.69, 9.17) is 5.73 Å². The van der Waals surface area contributed by atoms with Gasteiger partial charge in [-0.1, -0.05) is 0 Å². The maximum Gasteiger partial charge on any atom is 0.150 e. The Morgan fingerprint density at radius 2 is 1.70 bits per heavy atom. The van der Waals surface area contributed by atoms with E-state index in [1.807, 2.05) is 0 Å². The topological polar surface area (TPSA) is 53.8 Å². The Hall–Kier alpha value is -2.31. The molecule has 2 bridgehead atoms. The van der Waals surface area contributed by atoms with Gasteiger partial charge in [-0.2, -0.15) is 0 Å². The van der Waals surface area contributed by atoms with Gasteiger partial charge in [0.25, 0.3) is 0 Å². The van der Waals surface area contributed by atoms with Gasteiger partial charge in [0.15, 0.2) is 0 Å². The van der Waals surface area contributed by atoms with Gasteiger partial charge in [0.05, 0.1) is 11.2 Å². The van der Waals surface area contributed by atoms with Crippen molar-refractivity contribution in [1.82, 2.24) is 10.3 Å². The molecule has 0 aliphatic heterocycles. The fourth-order valence-corrected chi connectivity index (χ4v) is 6.06. The molecule has 3 nitrogen and oxygen atoms in total. The number of benzene rings is 2. The fourth-order valence-electron chi connectivity index (χ4n) is 6.06. The highest BCUT2D eigenvalue weighted by Crippen LogP contribution is 2.59. The Kier molecular flexibility index (Phi) is 3.76. The van der Waals surface area contributed by atoms with Crippen molar-refractivity contribution >= 4 is 10.9 Å². The van der Waals surface area contributed by atoms with Crippen LogP contribution in [0.3, 0.4) is 0 Å². The summed E-state index contributed by atoms with van der Waals surface area (Å²) in [6.45, 7) is 0.962. The van der Waals surface area contributed by atoms with Crippen molar-refractivity contribution in [3.8, 4) is 11.3 Å². The minimum Gasteiger partial charge on any atom is -0.352 e. The van der Waals surface area contributed by atoms with Crippen molar-refractivity contribution in [2.45, 2.75) is 49.1 Å². The van der Waals surface area contributed by atoms with Crippen LogP contribution in [0, 0.1) is 23.4 Å². The van der Waals surface area contributed by atoms with Gasteiger partial charge in [-0.25, -0.2) is 13.2 Å². The Bertz CT molecular complexity index is 1120. The third-order valence-electron chi connectivity index (χ3n) is 7.48. The molecule has 1 aromatic heterocycles. The molecule has 4 fully saturated rings. The number of nitrogens with one attached hydrogen (secondary N) is 2. The highest BCUT2D eigenvalue weighted by atomic mass is 19.1. The number of halogens is 3. The van der Waals surface area contributed by atoms with Crippen LogP contribution in [0.2, 0.25) is 0 Å². The summed E-state index contributed by atoms with van der Waals surface area (Å²) >= 11 is 0. The van der Waals surface area contributed by atoms with Crippen molar-refractivity contribution < 1.29 is 13.2 Å². The van der Waals surface area contributed by atoms with Crippen LogP contribution < -0.4 is 11.1 Å². The van der Waals surface area contributed by atoms with Crippen LogP contribution in [0.4, 0.5) is 13.2 Å². The molecule has 2 aromatic carbocycles. The lowest BCUT2D eigenvalue weighted by Gasteiger charge is -2.69. The van der Waals surface area contributed by atoms with Crippen LogP contribution in [0.25, 0.3) is 22.2 Å². The lowest BCUT2D eigenvalue weighted by Crippen LogP contribution is -2.82. The standard InChI is InChI=1S/C24H24F3N3/c25-16-3-1-14(2-4-16)21-20(18-7-17(26)8-19(27)22(18)30-21)15-5-13(6-15)9-29-24-10-23(28,11-24)12-24/h1-4,7-8,13,15,29-30H,5-6,9-12,28H2. The van der Waals surface area contributed by atoms with Gasteiger partial charge < -0.3 is 16.0 Å². The van der Waals surface area contributed by atoms with E-state index in [0.29, 0.717) is 16.8 Å².